The van der Waals surface area contributed by atoms with Crippen molar-refractivity contribution in [3.63, 3.8) is 0 Å². The predicted octanol–water partition coefficient (Wildman–Crippen LogP) is 4.08. The second-order valence-corrected chi connectivity index (χ2v) is 7.03. The Bertz CT molecular complexity index is 1080. The van der Waals surface area contributed by atoms with Crippen LogP contribution in [-0.2, 0) is 22.4 Å². The minimum atomic E-state index is -0.429. The van der Waals surface area contributed by atoms with Crippen LogP contribution in [0.25, 0.3) is 10.8 Å². The zero-order valence-electron chi connectivity index (χ0n) is 16.0. The monoisotopic (exact) mass is 374 g/mol. The lowest BCUT2D eigenvalue weighted by molar-refractivity contribution is -0.114. The number of aryl methyl sites for hydroxylation is 3. The van der Waals surface area contributed by atoms with Gasteiger partial charge in [-0.2, -0.15) is 0 Å². The molecule has 5 heteroatoms. The Morgan fingerprint density at radius 1 is 1.00 bits per heavy atom. The van der Waals surface area contributed by atoms with Crippen molar-refractivity contribution in [2.24, 2.45) is 0 Å². The Labute approximate surface area is 163 Å². The number of carbonyl (C=O) groups excluding carboxylic acids is 2. The van der Waals surface area contributed by atoms with Gasteiger partial charge in [0.1, 0.15) is 0 Å². The maximum Gasteiger partial charge on any atom is 0.337 e. The second kappa shape index (κ2) is 7.35. The topological polar surface area (TPSA) is 67.4 Å². The van der Waals surface area contributed by atoms with Crippen LogP contribution < -0.4 is 10.6 Å². The molecule has 28 heavy (non-hydrogen) atoms. The summed E-state index contributed by atoms with van der Waals surface area (Å²) in [6.07, 6.45) is 2.15. The fourth-order valence-electron chi connectivity index (χ4n) is 3.77. The first-order chi connectivity index (χ1) is 13.6. The van der Waals surface area contributed by atoms with E-state index in [1.54, 1.807) is 18.2 Å². The molecule has 5 nitrogen and oxygen atoms in total. The Morgan fingerprint density at radius 2 is 1.79 bits per heavy atom. The van der Waals surface area contributed by atoms with E-state index in [0.717, 1.165) is 29.5 Å². The molecule has 0 unspecified atom stereocenters. The van der Waals surface area contributed by atoms with Gasteiger partial charge >= 0.3 is 5.97 Å². The average Bonchev–Trinajstić information content (AvgIpc) is 3.13. The number of methoxy groups -OCH3 is 1. The molecule has 2 N–H and O–H groups in total. The number of hydrogen-bond acceptors (Lipinski definition) is 4. The van der Waals surface area contributed by atoms with Crippen LogP contribution in [0.15, 0.2) is 48.5 Å². The molecule has 0 aliphatic heterocycles. The number of nitrogens with one attached hydrogen (secondary N) is 2. The number of ether oxygens (including phenoxy) is 1. The molecule has 1 aliphatic carbocycles. The summed E-state index contributed by atoms with van der Waals surface area (Å²) < 4.78 is 4.74. The van der Waals surface area contributed by atoms with E-state index in [0.29, 0.717) is 11.3 Å². The minimum absolute atomic E-state index is 0.139. The molecule has 1 aliphatic rings. The summed E-state index contributed by atoms with van der Waals surface area (Å²) in [5.74, 6) is -0.602. The van der Waals surface area contributed by atoms with Crippen LogP contribution in [0.1, 0.15) is 27.0 Å². The number of amides is 1. The van der Waals surface area contributed by atoms with Gasteiger partial charge in [-0.15, -0.1) is 0 Å². The fourth-order valence-corrected chi connectivity index (χ4v) is 3.77. The van der Waals surface area contributed by atoms with E-state index in [9.17, 15) is 9.59 Å². The Balaban J connectivity index is 1.49. The van der Waals surface area contributed by atoms with Gasteiger partial charge in [-0.05, 0) is 60.0 Å². The van der Waals surface area contributed by atoms with Gasteiger partial charge < -0.3 is 15.4 Å². The minimum Gasteiger partial charge on any atom is -0.465 e. The number of carbonyl (C=O) groups is 2. The third-order valence-corrected chi connectivity index (χ3v) is 5.25. The van der Waals surface area contributed by atoms with Crippen LogP contribution in [0.4, 0.5) is 11.4 Å². The van der Waals surface area contributed by atoms with E-state index in [4.69, 9.17) is 4.74 Å². The Hall–Kier alpha value is -3.34. The number of anilines is 2. The maximum atomic E-state index is 12.5. The van der Waals surface area contributed by atoms with E-state index < -0.39 is 5.97 Å². The van der Waals surface area contributed by atoms with Crippen molar-refractivity contribution in [1.29, 1.82) is 0 Å². The summed E-state index contributed by atoms with van der Waals surface area (Å²) in [5.41, 5.74) is 5.59. The number of hydrogen-bond donors (Lipinski definition) is 2. The molecule has 0 fully saturated rings. The molecule has 0 radical (unpaired) electrons. The normalized spacial score (nSPS) is 12.1. The Kier molecular flexibility index (Phi) is 4.74. The second-order valence-electron chi connectivity index (χ2n) is 7.03. The Morgan fingerprint density at radius 3 is 2.57 bits per heavy atom. The van der Waals surface area contributed by atoms with Crippen LogP contribution in [0, 0.1) is 6.92 Å². The molecular weight excluding hydrogens is 352 g/mol. The first-order valence-corrected chi connectivity index (χ1v) is 9.33. The van der Waals surface area contributed by atoms with Crippen molar-refractivity contribution in [3.05, 3.63) is 70.8 Å². The van der Waals surface area contributed by atoms with E-state index in [2.05, 4.69) is 34.9 Å². The highest BCUT2D eigenvalue weighted by atomic mass is 16.5. The lowest BCUT2D eigenvalue weighted by atomic mass is 10.0. The molecule has 1 amide bonds. The molecule has 3 aromatic carbocycles. The molecule has 142 valence electrons. The smallest absolute Gasteiger partial charge is 0.337 e. The number of rotatable bonds is 5. The highest BCUT2D eigenvalue weighted by Crippen LogP contribution is 2.34. The summed E-state index contributed by atoms with van der Waals surface area (Å²) in [7, 11) is 1.34. The van der Waals surface area contributed by atoms with Crippen molar-refractivity contribution >= 4 is 34.0 Å². The molecular formula is C23H22N2O3. The van der Waals surface area contributed by atoms with Gasteiger partial charge in [-0.25, -0.2) is 4.79 Å². The van der Waals surface area contributed by atoms with Crippen molar-refractivity contribution in [1.82, 2.24) is 0 Å². The van der Waals surface area contributed by atoms with E-state index >= 15 is 0 Å². The largest absolute Gasteiger partial charge is 0.465 e. The van der Waals surface area contributed by atoms with Crippen LogP contribution in [0.5, 0.6) is 0 Å². The first-order valence-electron chi connectivity index (χ1n) is 9.33. The lowest BCUT2D eigenvalue weighted by Gasteiger charge is -2.13. The molecule has 0 atom stereocenters. The number of benzene rings is 3. The molecule has 0 aromatic heterocycles. The summed E-state index contributed by atoms with van der Waals surface area (Å²) in [5, 5.41) is 8.60. The number of esters is 1. The van der Waals surface area contributed by atoms with E-state index in [1.807, 2.05) is 13.0 Å². The van der Waals surface area contributed by atoms with Gasteiger partial charge in [0.15, 0.2) is 0 Å². The van der Waals surface area contributed by atoms with Gasteiger partial charge in [-0.1, -0.05) is 30.3 Å². The average molecular weight is 374 g/mol. The van der Waals surface area contributed by atoms with E-state index in [-0.39, 0.29) is 12.5 Å². The van der Waals surface area contributed by atoms with Crippen molar-refractivity contribution < 1.29 is 14.3 Å². The van der Waals surface area contributed by atoms with Crippen LogP contribution in [-0.4, -0.2) is 25.5 Å². The van der Waals surface area contributed by atoms with Crippen molar-refractivity contribution in [2.45, 2.75) is 19.8 Å². The van der Waals surface area contributed by atoms with Crippen LogP contribution in [0.3, 0.4) is 0 Å². The summed E-state index contributed by atoms with van der Waals surface area (Å²) in [4.78, 5) is 24.2. The summed E-state index contributed by atoms with van der Waals surface area (Å²) >= 11 is 0. The standard InChI is InChI=1S/C23H22N2O3/c1-14-6-7-17(23(27)28-2)12-20(14)25-21(26)13-24-19-11-10-16-9-8-15-4-3-5-18(19)22(15)16/h3-7,10-12,24H,8-9,13H2,1-2H3,(H,25,26). The third-order valence-electron chi connectivity index (χ3n) is 5.25. The van der Waals surface area contributed by atoms with E-state index in [1.165, 1.54) is 23.6 Å². The molecule has 0 bridgehead atoms. The van der Waals surface area contributed by atoms with Gasteiger partial charge in [0.05, 0.1) is 19.2 Å². The molecule has 4 rings (SSSR count). The quantitative estimate of drug-likeness (QED) is 0.660. The van der Waals surface area contributed by atoms with Crippen LogP contribution in [0.2, 0.25) is 0 Å². The molecule has 0 saturated heterocycles. The highest BCUT2D eigenvalue weighted by molar-refractivity contribution is 6.02. The van der Waals surface area contributed by atoms with Crippen molar-refractivity contribution in [3.8, 4) is 0 Å². The summed E-state index contributed by atoms with van der Waals surface area (Å²) in [6, 6.07) is 15.6. The van der Waals surface area contributed by atoms with Gasteiger partial charge in [0, 0.05) is 16.8 Å². The molecule has 3 aromatic rings. The van der Waals surface area contributed by atoms with Crippen molar-refractivity contribution in [2.75, 3.05) is 24.3 Å². The first kappa shape index (κ1) is 18.0. The summed E-state index contributed by atoms with van der Waals surface area (Å²) in [6.45, 7) is 2.02. The lowest BCUT2D eigenvalue weighted by Crippen LogP contribution is -2.22. The van der Waals surface area contributed by atoms with Gasteiger partial charge in [0.25, 0.3) is 0 Å². The highest BCUT2D eigenvalue weighted by Gasteiger charge is 2.16. The zero-order valence-corrected chi connectivity index (χ0v) is 16.0. The zero-order chi connectivity index (χ0) is 19.7. The van der Waals surface area contributed by atoms with Gasteiger partial charge in [0.2, 0.25) is 5.91 Å². The fraction of sp³-hybridized carbons (Fsp3) is 0.217. The third kappa shape index (κ3) is 3.31. The van der Waals surface area contributed by atoms with Gasteiger partial charge in [-0.3, -0.25) is 4.79 Å². The molecule has 0 heterocycles. The SMILES string of the molecule is COC(=O)c1ccc(C)c(NC(=O)CNc2ccc3c4c(cccc24)CC3)c1. The predicted molar refractivity (Wildman–Crippen MR) is 111 cm³/mol. The maximum absolute atomic E-state index is 12.5. The molecule has 0 saturated carbocycles. The van der Waals surface area contributed by atoms with Crippen LogP contribution >= 0.6 is 0 Å². The molecule has 0 spiro atoms.